The van der Waals surface area contributed by atoms with Crippen LogP contribution >= 0.6 is 0 Å². The van der Waals surface area contributed by atoms with Gasteiger partial charge in [-0.15, -0.1) is 0 Å². The van der Waals surface area contributed by atoms with Crippen molar-refractivity contribution in [1.82, 2.24) is 0 Å². The summed E-state index contributed by atoms with van der Waals surface area (Å²) < 4.78 is 32.8. The molecule has 47 heavy (non-hydrogen) atoms. The van der Waals surface area contributed by atoms with E-state index >= 15 is 0 Å². The molecule has 0 atom stereocenters. The second-order valence-electron chi connectivity index (χ2n) is 11.0. The lowest BCUT2D eigenvalue weighted by Crippen LogP contribution is -2.45. The minimum Gasteiger partial charge on any atom is -0.496 e. The molecule has 236 valence electrons. The van der Waals surface area contributed by atoms with E-state index in [9.17, 15) is 0 Å². The maximum atomic E-state index is 8.19. The normalized spacial score (nSPS) is 11.5. The molecule has 0 aromatic heterocycles. The summed E-state index contributed by atoms with van der Waals surface area (Å²) in [5.41, 5.74) is 2.28. The molecule has 5 heteroatoms. The van der Waals surface area contributed by atoms with Crippen LogP contribution in [-0.4, -0.2) is 28.4 Å². The first-order valence-electron chi connectivity index (χ1n) is 15.5. The Hall–Kier alpha value is -5.52. The Kier molecular flexibility index (Phi) is 9.28. The Morgan fingerprint density at radius 2 is 0.532 bits per heavy atom. The molecular formula is C42H38O5. The van der Waals surface area contributed by atoms with Gasteiger partial charge in [0.05, 0.1) is 39.6 Å². The van der Waals surface area contributed by atoms with E-state index in [1.165, 1.54) is 0 Å². The van der Waals surface area contributed by atoms with Crippen molar-refractivity contribution < 1.29 is 23.7 Å². The SMILES string of the molecule is COc1cccc(OC)c1C(OC(c1ccccc1)(c1ccccc1)c1c(OC)cccc1OC)(c1ccccc1)c1ccccc1. The molecule has 0 bridgehead atoms. The van der Waals surface area contributed by atoms with E-state index in [0.717, 1.165) is 22.3 Å². The van der Waals surface area contributed by atoms with Crippen molar-refractivity contribution in [2.75, 3.05) is 28.4 Å². The molecule has 5 nitrogen and oxygen atoms in total. The highest BCUT2D eigenvalue weighted by Crippen LogP contribution is 2.57. The molecule has 0 radical (unpaired) electrons. The van der Waals surface area contributed by atoms with E-state index in [4.69, 9.17) is 23.7 Å². The van der Waals surface area contributed by atoms with Crippen molar-refractivity contribution in [3.8, 4) is 23.0 Å². The van der Waals surface area contributed by atoms with Gasteiger partial charge in [0.2, 0.25) is 0 Å². The third-order valence-electron chi connectivity index (χ3n) is 8.59. The van der Waals surface area contributed by atoms with Crippen molar-refractivity contribution in [3.05, 3.63) is 191 Å². The Morgan fingerprint density at radius 3 is 0.745 bits per heavy atom. The quantitative estimate of drug-likeness (QED) is 0.128. The molecule has 6 aromatic rings. The summed E-state index contributed by atoms with van der Waals surface area (Å²) in [6.07, 6.45) is 0. The Balaban J connectivity index is 1.88. The van der Waals surface area contributed by atoms with Crippen molar-refractivity contribution >= 4 is 0 Å². The third-order valence-corrected chi connectivity index (χ3v) is 8.59. The van der Waals surface area contributed by atoms with Gasteiger partial charge in [-0.1, -0.05) is 133 Å². The summed E-state index contributed by atoms with van der Waals surface area (Å²) in [5.74, 6) is 2.44. The summed E-state index contributed by atoms with van der Waals surface area (Å²) in [7, 11) is 6.68. The summed E-state index contributed by atoms with van der Waals surface area (Å²) in [4.78, 5) is 0. The minimum atomic E-state index is -1.32. The zero-order valence-corrected chi connectivity index (χ0v) is 27.1. The second-order valence-corrected chi connectivity index (χ2v) is 11.0. The molecule has 6 rings (SSSR count). The zero-order chi connectivity index (χ0) is 32.7. The molecule has 0 amide bonds. The summed E-state index contributed by atoms with van der Waals surface area (Å²) in [6.45, 7) is 0. The van der Waals surface area contributed by atoms with Gasteiger partial charge in [-0.2, -0.15) is 0 Å². The number of hydrogen-bond donors (Lipinski definition) is 0. The molecule has 0 unspecified atom stereocenters. The van der Waals surface area contributed by atoms with Gasteiger partial charge in [0, 0.05) is 0 Å². The highest BCUT2D eigenvalue weighted by Gasteiger charge is 2.53. The topological polar surface area (TPSA) is 46.2 Å². The van der Waals surface area contributed by atoms with Crippen LogP contribution in [0.15, 0.2) is 158 Å². The largest absolute Gasteiger partial charge is 0.496 e. The summed E-state index contributed by atoms with van der Waals surface area (Å²) in [5, 5.41) is 0. The van der Waals surface area contributed by atoms with Crippen LogP contribution in [0.3, 0.4) is 0 Å². The van der Waals surface area contributed by atoms with E-state index in [-0.39, 0.29) is 0 Å². The predicted molar refractivity (Wildman–Crippen MR) is 186 cm³/mol. The summed E-state index contributed by atoms with van der Waals surface area (Å²) >= 11 is 0. The smallest absolute Gasteiger partial charge is 0.153 e. The molecule has 0 heterocycles. The van der Waals surface area contributed by atoms with Gasteiger partial charge in [0.15, 0.2) is 11.2 Å². The third kappa shape index (κ3) is 5.49. The van der Waals surface area contributed by atoms with E-state index in [1.54, 1.807) is 28.4 Å². The van der Waals surface area contributed by atoms with Crippen LogP contribution in [0.4, 0.5) is 0 Å². The first kappa shape index (κ1) is 31.5. The standard InChI is InChI=1S/C42H38O5/c1-43-35-27-17-28-36(44-2)39(35)41(31-19-9-5-10-20-31,32-21-11-6-12-22-32)47-42(33-23-13-7-14-24-33,34-25-15-8-16-26-34)40-37(45-3)29-18-30-38(40)46-4/h5-30H,1-4H3. The number of rotatable bonds is 12. The number of benzene rings is 6. The van der Waals surface area contributed by atoms with Crippen LogP contribution in [0.1, 0.15) is 33.4 Å². The number of hydrogen-bond acceptors (Lipinski definition) is 5. The fraction of sp³-hybridized carbons (Fsp3) is 0.143. The Bertz CT molecular complexity index is 1630. The lowest BCUT2D eigenvalue weighted by Gasteiger charge is -2.47. The Labute approximate surface area is 276 Å². The van der Waals surface area contributed by atoms with Crippen LogP contribution in [0.2, 0.25) is 0 Å². The molecule has 0 spiro atoms. The van der Waals surface area contributed by atoms with Gasteiger partial charge in [-0.25, -0.2) is 0 Å². The van der Waals surface area contributed by atoms with Crippen LogP contribution in [-0.2, 0) is 15.9 Å². The van der Waals surface area contributed by atoms with Crippen molar-refractivity contribution in [3.63, 3.8) is 0 Å². The Morgan fingerprint density at radius 1 is 0.298 bits per heavy atom. The van der Waals surface area contributed by atoms with Crippen LogP contribution in [0.25, 0.3) is 0 Å². The van der Waals surface area contributed by atoms with Crippen LogP contribution in [0.5, 0.6) is 23.0 Å². The number of ether oxygens (including phenoxy) is 5. The monoisotopic (exact) mass is 622 g/mol. The molecule has 0 aliphatic carbocycles. The fourth-order valence-electron chi connectivity index (χ4n) is 6.57. The molecule has 0 N–H and O–H groups in total. The minimum absolute atomic E-state index is 0.610. The van der Waals surface area contributed by atoms with Crippen molar-refractivity contribution in [2.24, 2.45) is 0 Å². The van der Waals surface area contributed by atoms with Crippen LogP contribution in [0, 0.1) is 0 Å². The predicted octanol–water partition coefficient (Wildman–Crippen LogP) is 9.02. The van der Waals surface area contributed by atoms with E-state index < -0.39 is 11.2 Å². The van der Waals surface area contributed by atoms with Crippen LogP contribution < -0.4 is 18.9 Å². The van der Waals surface area contributed by atoms with E-state index in [2.05, 4.69) is 48.5 Å². The van der Waals surface area contributed by atoms with Crippen molar-refractivity contribution in [2.45, 2.75) is 11.2 Å². The molecule has 0 saturated heterocycles. The van der Waals surface area contributed by atoms with Gasteiger partial charge in [-0.3, -0.25) is 0 Å². The lowest BCUT2D eigenvalue weighted by atomic mass is 9.74. The second kappa shape index (κ2) is 13.9. The maximum absolute atomic E-state index is 8.19. The molecule has 0 saturated carbocycles. The van der Waals surface area contributed by atoms with Gasteiger partial charge < -0.3 is 23.7 Å². The van der Waals surface area contributed by atoms with Crippen molar-refractivity contribution in [1.29, 1.82) is 0 Å². The molecule has 0 aliphatic rings. The van der Waals surface area contributed by atoms with Gasteiger partial charge in [0.25, 0.3) is 0 Å². The molecular weight excluding hydrogens is 584 g/mol. The zero-order valence-electron chi connectivity index (χ0n) is 27.1. The number of methoxy groups -OCH3 is 4. The maximum Gasteiger partial charge on any atom is 0.153 e. The highest BCUT2D eigenvalue weighted by molar-refractivity contribution is 5.63. The average Bonchev–Trinajstić information content (AvgIpc) is 3.16. The lowest BCUT2D eigenvalue weighted by molar-refractivity contribution is -0.0843. The highest BCUT2D eigenvalue weighted by atomic mass is 16.5. The van der Waals surface area contributed by atoms with Gasteiger partial charge in [-0.05, 0) is 46.5 Å². The summed E-state index contributed by atoms with van der Waals surface area (Å²) in [6, 6.07) is 52.5. The van der Waals surface area contributed by atoms with E-state index in [1.807, 2.05) is 109 Å². The fourth-order valence-corrected chi connectivity index (χ4v) is 6.57. The van der Waals surface area contributed by atoms with Gasteiger partial charge in [0.1, 0.15) is 23.0 Å². The first-order valence-corrected chi connectivity index (χ1v) is 15.5. The average molecular weight is 623 g/mol. The molecule has 0 aliphatic heterocycles. The van der Waals surface area contributed by atoms with E-state index in [0.29, 0.717) is 34.1 Å². The molecule has 6 aromatic carbocycles. The first-order chi connectivity index (χ1) is 23.1. The van der Waals surface area contributed by atoms with Gasteiger partial charge >= 0.3 is 0 Å². The molecule has 0 fully saturated rings.